The fourth-order valence-electron chi connectivity index (χ4n) is 3.57. The van der Waals surface area contributed by atoms with Crippen LogP contribution in [0.3, 0.4) is 0 Å². The minimum absolute atomic E-state index is 0.0235. The Morgan fingerprint density at radius 3 is 2.15 bits per heavy atom. The molecule has 190 valence electrons. The fraction of sp³-hybridized carbons (Fsp3) is 0.600. The van der Waals surface area contributed by atoms with E-state index < -0.39 is 41.6 Å². The number of amides is 3. The highest BCUT2D eigenvalue weighted by Crippen LogP contribution is 2.28. The number of nitrogens with zero attached hydrogens (tertiary/aromatic N) is 1. The number of ether oxygens (including phenoxy) is 2. The van der Waals surface area contributed by atoms with E-state index in [-0.39, 0.29) is 26.1 Å². The van der Waals surface area contributed by atoms with Gasteiger partial charge in [-0.05, 0) is 72.1 Å². The summed E-state index contributed by atoms with van der Waals surface area (Å²) in [5, 5.41) is 5.31. The van der Waals surface area contributed by atoms with Crippen molar-refractivity contribution in [2.24, 2.45) is 0 Å². The van der Waals surface area contributed by atoms with Gasteiger partial charge in [0.25, 0.3) is 0 Å². The van der Waals surface area contributed by atoms with Crippen molar-refractivity contribution in [1.82, 2.24) is 15.5 Å². The van der Waals surface area contributed by atoms with Crippen LogP contribution in [0.5, 0.6) is 0 Å². The van der Waals surface area contributed by atoms with E-state index in [9.17, 15) is 19.2 Å². The van der Waals surface area contributed by atoms with Crippen LogP contribution in [0.15, 0.2) is 18.2 Å². The molecule has 0 aliphatic carbocycles. The van der Waals surface area contributed by atoms with Crippen molar-refractivity contribution >= 4 is 23.9 Å². The first kappa shape index (κ1) is 28.9. The predicted octanol–water partition coefficient (Wildman–Crippen LogP) is 3.18. The second-order valence-corrected chi connectivity index (χ2v) is 9.05. The minimum atomic E-state index is -0.941. The first-order chi connectivity index (χ1) is 15.8. The number of esters is 1. The molecule has 0 heterocycles. The molecule has 0 aliphatic rings. The maximum Gasteiger partial charge on any atom is 0.408 e. The molecule has 9 nitrogen and oxygen atoms in total. The maximum atomic E-state index is 13.4. The summed E-state index contributed by atoms with van der Waals surface area (Å²) in [6.45, 7) is 14.5. The molecular formula is C25H39N3O6. The van der Waals surface area contributed by atoms with Crippen molar-refractivity contribution in [1.29, 1.82) is 0 Å². The van der Waals surface area contributed by atoms with Gasteiger partial charge in [-0.15, -0.1) is 0 Å². The standard InChI is InChI=1S/C25H39N3O6/c1-9-28(23(31)18(5)27-24(32)34-25(6,7)8)21(20-16(3)12-11-13-17(20)4)22(30)26-15-14-19(29)33-10-2/h11-13,18,21H,9-10,14-15H2,1-8H3,(H,26,30)(H,27,32). The van der Waals surface area contributed by atoms with Crippen molar-refractivity contribution in [2.75, 3.05) is 19.7 Å². The van der Waals surface area contributed by atoms with E-state index in [1.54, 1.807) is 41.5 Å². The number of likely N-dealkylation sites (N-methyl/N-ethyl adjacent to an activating group) is 1. The summed E-state index contributed by atoms with van der Waals surface area (Å²) >= 11 is 0. The van der Waals surface area contributed by atoms with Gasteiger partial charge >= 0.3 is 12.1 Å². The maximum absolute atomic E-state index is 13.4. The Labute approximate surface area is 202 Å². The summed E-state index contributed by atoms with van der Waals surface area (Å²) in [4.78, 5) is 52.0. The molecular weight excluding hydrogens is 438 g/mol. The van der Waals surface area contributed by atoms with E-state index in [1.807, 2.05) is 32.0 Å². The molecule has 0 saturated carbocycles. The van der Waals surface area contributed by atoms with E-state index in [2.05, 4.69) is 10.6 Å². The second kappa shape index (κ2) is 13.0. The van der Waals surface area contributed by atoms with Crippen LogP contribution in [0.25, 0.3) is 0 Å². The normalized spacial score (nSPS) is 12.8. The summed E-state index contributed by atoms with van der Waals surface area (Å²) in [6.07, 6.45) is -0.692. The molecule has 1 aromatic rings. The van der Waals surface area contributed by atoms with Crippen LogP contribution in [0, 0.1) is 13.8 Å². The molecule has 0 aromatic heterocycles. The molecule has 3 amide bonds. The third-order valence-electron chi connectivity index (χ3n) is 5.04. The summed E-state index contributed by atoms with van der Waals surface area (Å²) in [6, 6.07) is 3.77. The lowest BCUT2D eigenvalue weighted by molar-refractivity contribution is -0.144. The molecule has 1 rings (SSSR count). The lowest BCUT2D eigenvalue weighted by Crippen LogP contribution is -2.52. The molecule has 2 N–H and O–H groups in total. The lowest BCUT2D eigenvalue weighted by atomic mass is 9.93. The topological polar surface area (TPSA) is 114 Å². The number of carbonyl (C=O) groups is 4. The van der Waals surface area contributed by atoms with E-state index in [0.717, 1.165) is 11.1 Å². The van der Waals surface area contributed by atoms with Crippen LogP contribution in [0.1, 0.15) is 70.7 Å². The van der Waals surface area contributed by atoms with Gasteiger partial charge in [-0.25, -0.2) is 4.79 Å². The number of carbonyl (C=O) groups excluding carboxylic acids is 4. The summed E-state index contributed by atoms with van der Waals surface area (Å²) < 4.78 is 10.2. The smallest absolute Gasteiger partial charge is 0.408 e. The highest BCUT2D eigenvalue weighted by molar-refractivity contribution is 5.92. The Kier molecular flexibility index (Phi) is 11.0. The molecule has 0 bridgehead atoms. The Balaban J connectivity index is 3.20. The van der Waals surface area contributed by atoms with Gasteiger partial charge in [-0.1, -0.05) is 18.2 Å². The third kappa shape index (κ3) is 8.68. The predicted molar refractivity (Wildman–Crippen MR) is 129 cm³/mol. The average Bonchev–Trinajstić information content (AvgIpc) is 2.71. The zero-order valence-corrected chi connectivity index (χ0v) is 21.6. The van der Waals surface area contributed by atoms with Gasteiger partial charge in [0.2, 0.25) is 11.8 Å². The van der Waals surface area contributed by atoms with Crippen LogP contribution in [0.4, 0.5) is 4.79 Å². The first-order valence-electron chi connectivity index (χ1n) is 11.6. The van der Waals surface area contributed by atoms with Crippen molar-refractivity contribution in [3.05, 3.63) is 34.9 Å². The molecule has 34 heavy (non-hydrogen) atoms. The van der Waals surface area contributed by atoms with Gasteiger partial charge in [-0.2, -0.15) is 0 Å². The third-order valence-corrected chi connectivity index (χ3v) is 5.04. The van der Waals surface area contributed by atoms with Crippen LogP contribution >= 0.6 is 0 Å². The van der Waals surface area contributed by atoms with Gasteiger partial charge in [0.15, 0.2) is 0 Å². The Bertz CT molecular complexity index is 858. The van der Waals surface area contributed by atoms with E-state index in [0.29, 0.717) is 5.56 Å². The zero-order valence-electron chi connectivity index (χ0n) is 21.6. The number of benzene rings is 1. The van der Waals surface area contributed by atoms with E-state index in [1.165, 1.54) is 4.90 Å². The molecule has 0 saturated heterocycles. The van der Waals surface area contributed by atoms with E-state index >= 15 is 0 Å². The van der Waals surface area contributed by atoms with Crippen molar-refractivity contribution in [2.45, 2.75) is 79.5 Å². The number of nitrogens with one attached hydrogen (secondary N) is 2. The minimum Gasteiger partial charge on any atom is -0.466 e. The molecule has 1 aromatic carbocycles. The number of hydrogen-bond acceptors (Lipinski definition) is 6. The van der Waals surface area contributed by atoms with Crippen molar-refractivity contribution in [3.63, 3.8) is 0 Å². The highest BCUT2D eigenvalue weighted by Gasteiger charge is 2.35. The monoisotopic (exact) mass is 477 g/mol. The quantitative estimate of drug-likeness (QED) is 0.501. The van der Waals surface area contributed by atoms with Crippen LogP contribution < -0.4 is 10.6 Å². The van der Waals surface area contributed by atoms with Crippen LogP contribution in [-0.4, -0.2) is 60.1 Å². The summed E-state index contributed by atoms with van der Waals surface area (Å²) in [5.74, 6) is -1.26. The first-order valence-corrected chi connectivity index (χ1v) is 11.6. The van der Waals surface area contributed by atoms with Crippen LogP contribution in [-0.2, 0) is 23.9 Å². The molecule has 2 unspecified atom stereocenters. The number of hydrogen-bond donors (Lipinski definition) is 2. The molecule has 0 aliphatic heterocycles. The Morgan fingerprint density at radius 1 is 1.06 bits per heavy atom. The van der Waals surface area contributed by atoms with Gasteiger partial charge < -0.3 is 25.0 Å². The zero-order chi connectivity index (χ0) is 26.1. The highest BCUT2D eigenvalue weighted by atomic mass is 16.6. The molecule has 9 heteroatoms. The lowest BCUT2D eigenvalue weighted by Gasteiger charge is -2.34. The van der Waals surface area contributed by atoms with Crippen molar-refractivity contribution in [3.8, 4) is 0 Å². The average molecular weight is 478 g/mol. The number of rotatable bonds is 10. The largest absolute Gasteiger partial charge is 0.466 e. The molecule has 0 radical (unpaired) electrons. The van der Waals surface area contributed by atoms with Gasteiger partial charge in [0, 0.05) is 13.1 Å². The van der Waals surface area contributed by atoms with Crippen LogP contribution in [0.2, 0.25) is 0 Å². The summed E-state index contributed by atoms with van der Waals surface area (Å²) in [7, 11) is 0. The molecule has 2 atom stereocenters. The Hall–Kier alpha value is -3.10. The van der Waals surface area contributed by atoms with Gasteiger partial charge in [-0.3, -0.25) is 14.4 Å². The van der Waals surface area contributed by atoms with E-state index in [4.69, 9.17) is 9.47 Å². The second-order valence-electron chi connectivity index (χ2n) is 9.05. The number of alkyl carbamates (subject to hydrolysis) is 1. The summed E-state index contributed by atoms with van der Waals surface area (Å²) in [5.41, 5.74) is 1.70. The Morgan fingerprint density at radius 2 is 1.65 bits per heavy atom. The SMILES string of the molecule is CCOC(=O)CCNC(=O)C(c1c(C)cccc1C)N(CC)C(=O)C(C)NC(=O)OC(C)(C)C. The molecule has 0 spiro atoms. The van der Waals surface area contributed by atoms with Gasteiger partial charge in [0.1, 0.15) is 17.7 Å². The van der Waals surface area contributed by atoms with Crippen molar-refractivity contribution < 1.29 is 28.7 Å². The number of aryl methyl sites for hydroxylation is 2. The molecule has 0 fully saturated rings. The fourth-order valence-corrected chi connectivity index (χ4v) is 3.57. The van der Waals surface area contributed by atoms with Gasteiger partial charge in [0.05, 0.1) is 13.0 Å².